The van der Waals surface area contributed by atoms with Gasteiger partial charge in [0, 0.05) is 18.3 Å². The molecule has 0 unspecified atom stereocenters. The van der Waals surface area contributed by atoms with Crippen LogP contribution in [0, 0.1) is 0 Å². The van der Waals surface area contributed by atoms with E-state index >= 15 is 0 Å². The summed E-state index contributed by atoms with van der Waals surface area (Å²) in [6, 6.07) is 15.9. The van der Waals surface area contributed by atoms with Gasteiger partial charge in [0.2, 0.25) is 5.91 Å². The zero-order chi connectivity index (χ0) is 19.4. The van der Waals surface area contributed by atoms with Crippen molar-refractivity contribution in [3.63, 3.8) is 0 Å². The van der Waals surface area contributed by atoms with Gasteiger partial charge in [-0.2, -0.15) is 0 Å². The Hall–Kier alpha value is -2.76. The Morgan fingerprint density at radius 2 is 1.78 bits per heavy atom. The Kier molecular flexibility index (Phi) is 5.84. The van der Waals surface area contributed by atoms with Crippen LogP contribution in [0.2, 0.25) is 10.0 Å². The first-order valence-corrected chi connectivity index (χ1v) is 8.84. The van der Waals surface area contributed by atoms with Crippen LogP contribution in [-0.4, -0.2) is 30.3 Å². The van der Waals surface area contributed by atoms with Crippen molar-refractivity contribution in [3.05, 3.63) is 76.7 Å². The molecule has 3 rings (SSSR count). The smallest absolute Gasteiger partial charge is 0.290 e. The second-order valence-electron chi connectivity index (χ2n) is 5.87. The molecule has 138 valence electrons. The van der Waals surface area contributed by atoms with Gasteiger partial charge in [-0.25, -0.2) is 0 Å². The highest BCUT2D eigenvalue weighted by Gasteiger charge is 2.22. The molecular weight excluding hydrogens is 387 g/mol. The van der Waals surface area contributed by atoms with Gasteiger partial charge in [0.05, 0.1) is 22.9 Å². The molecule has 0 aliphatic rings. The molecule has 0 saturated heterocycles. The standard InChI is InChI=1S/C20H16Cl2N2O3/c1-24(12-18(25)23-14-7-8-16(21)17(22)11-14)20(26)19-15(9-10-27-19)13-5-3-2-4-6-13/h2-11H,12H2,1H3,(H,23,25). The fourth-order valence-corrected chi connectivity index (χ4v) is 2.85. The highest BCUT2D eigenvalue weighted by atomic mass is 35.5. The van der Waals surface area contributed by atoms with E-state index in [0.29, 0.717) is 21.3 Å². The summed E-state index contributed by atoms with van der Waals surface area (Å²) in [5.74, 6) is -0.564. The molecule has 27 heavy (non-hydrogen) atoms. The van der Waals surface area contributed by atoms with Crippen LogP contribution >= 0.6 is 23.2 Å². The minimum absolute atomic E-state index is 0.145. The maximum absolute atomic E-state index is 12.7. The van der Waals surface area contributed by atoms with Crippen LogP contribution in [0.25, 0.3) is 11.1 Å². The Morgan fingerprint density at radius 1 is 1.04 bits per heavy atom. The lowest BCUT2D eigenvalue weighted by molar-refractivity contribution is -0.116. The highest BCUT2D eigenvalue weighted by molar-refractivity contribution is 6.42. The van der Waals surface area contributed by atoms with E-state index in [2.05, 4.69) is 5.32 Å². The number of anilines is 1. The van der Waals surface area contributed by atoms with Crippen LogP contribution in [0.3, 0.4) is 0 Å². The van der Waals surface area contributed by atoms with E-state index < -0.39 is 0 Å². The van der Waals surface area contributed by atoms with Gasteiger partial charge >= 0.3 is 0 Å². The maximum atomic E-state index is 12.7. The molecule has 2 aromatic carbocycles. The molecule has 0 spiro atoms. The molecule has 0 fully saturated rings. The van der Waals surface area contributed by atoms with E-state index in [0.717, 1.165) is 5.56 Å². The first-order valence-electron chi connectivity index (χ1n) is 8.09. The zero-order valence-corrected chi connectivity index (χ0v) is 15.9. The lowest BCUT2D eigenvalue weighted by atomic mass is 10.1. The van der Waals surface area contributed by atoms with Gasteiger partial charge in [-0.05, 0) is 29.8 Å². The van der Waals surface area contributed by atoms with Gasteiger partial charge in [-0.1, -0.05) is 53.5 Å². The average molecular weight is 403 g/mol. The normalized spacial score (nSPS) is 10.5. The summed E-state index contributed by atoms with van der Waals surface area (Å²) in [6.45, 7) is -0.145. The predicted molar refractivity (Wildman–Crippen MR) is 106 cm³/mol. The third-order valence-corrected chi connectivity index (χ3v) is 4.61. The molecule has 0 atom stereocenters. The molecule has 0 bridgehead atoms. The topological polar surface area (TPSA) is 62.6 Å². The second kappa shape index (κ2) is 8.29. The Morgan fingerprint density at radius 3 is 2.48 bits per heavy atom. The number of carbonyl (C=O) groups excluding carboxylic acids is 2. The Balaban J connectivity index is 1.68. The third kappa shape index (κ3) is 4.51. The van der Waals surface area contributed by atoms with Crippen LogP contribution in [-0.2, 0) is 4.79 Å². The molecule has 1 aromatic heterocycles. The van der Waals surface area contributed by atoms with E-state index in [-0.39, 0.29) is 24.1 Å². The molecular formula is C20H16Cl2N2O3. The van der Waals surface area contributed by atoms with Crippen molar-refractivity contribution in [2.24, 2.45) is 0 Å². The van der Waals surface area contributed by atoms with Crippen LogP contribution in [0.1, 0.15) is 10.6 Å². The van der Waals surface area contributed by atoms with Crippen LogP contribution in [0.15, 0.2) is 65.3 Å². The SMILES string of the molecule is CN(CC(=O)Nc1ccc(Cl)c(Cl)c1)C(=O)c1occc1-c1ccccc1. The number of rotatable bonds is 5. The number of benzene rings is 2. The predicted octanol–water partition coefficient (Wildman–Crippen LogP) is 4.96. The lowest BCUT2D eigenvalue weighted by Crippen LogP contribution is -2.35. The van der Waals surface area contributed by atoms with Gasteiger partial charge in [-0.15, -0.1) is 0 Å². The van der Waals surface area contributed by atoms with E-state index in [1.165, 1.54) is 18.2 Å². The highest BCUT2D eigenvalue weighted by Crippen LogP contribution is 2.26. The van der Waals surface area contributed by atoms with Crippen molar-refractivity contribution < 1.29 is 14.0 Å². The molecule has 3 aromatic rings. The number of nitrogens with zero attached hydrogens (tertiary/aromatic N) is 1. The molecule has 1 heterocycles. The summed E-state index contributed by atoms with van der Waals surface area (Å²) in [5, 5.41) is 3.41. The van der Waals surface area contributed by atoms with Crippen LogP contribution in [0.4, 0.5) is 5.69 Å². The first-order chi connectivity index (χ1) is 13.0. The molecule has 0 aliphatic heterocycles. The molecule has 7 heteroatoms. The number of halogens is 2. The summed E-state index contributed by atoms with van der Waals surface area (Å²) in [4.78, 5) is 26.2. The summed E-state index contributed by atoms with van der Waals surface area (Å²) in [7, 11) is 1.54. The molecule has 5 nitrogen and oxygen atoms in total. The number of hydrogen-bond donors (Lipinski definition) is 1. The van der Waals surface area contributed by atoms with Crippen molar-refractivity contribution in [1.29, 1.82) is 0 Å². The maximum Gasteiger partial charge on any atom is 0.290 e. The van der Waals surface area contributed by atoms with Crippen molar-refractivity contribution >= 4 is 40.7 Å². The third-order valence-electron chi connectivity index (χ3n) is 3.88. The summed E-state index contributed by atoms with van der Waals surface area (Å²) in [6.07, 6.45) is 1.46. The van der Waals surface area contributed by atoms with Gasteiger partial charge in [0.15, 0.2) is 5.76 Å². The van der Waals surface area contributed by atoms with Gasteiger partial charge in [0.25, 0.3) is 5.91 Å². The summed E-state index contributed by atoms with van der Waals surface area (Å²) >= 11 is 11.8. The largest absolute Gasteiger partial charge is 0.459 e. The fraction of sp³-hybridized carbons (Fsp3) is 0.100. The second-order valence-corrected chi connectivity index (χ2v) is 6.68. The number of amides is 2. The first kappa shape index (κ1) is 19.0. The minimum Gasteiger partial charge on any atom is -0.459 e. The molecule has 1 N–H and O–H groups in total. The van der Waals surface area contributed by atoms with Gasteiger partial charge in [0.1, 0.15) is 0 Å². The molecule has 2 amide bonds. The number of furan rings is 1. The summed E-state index contributed by atoms with van der Waals surface area (Å²) < 4.78 is 5.38. The Bertz CT molecular complexity index is 970. The number of nitrogens with one attached hydrogen (secondary N) is 1. The average Bonchev–Trinajstić information content (AvgIpc) is 3.14. The quantitative estimate of drug-likeness (QED) is 0.655. The van der Waals surface area contributed by atoms with Crippen molar-refractivity contribution in [3.8, 4) is 11.1 Å². The number of carbonyl (C=O) groups is 2. The van der Waals surface area contributed by atoms with Gasteiger partial charge in [-0.3, -0.25) is 9.59 Å². The van der Waals surface area contributed by atoms with Crippen molar-refractivity contribution in [2.45, 2.75) is 0 Å². The monoisotopic (exact) mass is 402 g/mol. The number of hydrogen-bond acceptors (Lipinski definition) is 3. The lowest BCUT2D eigenvalue weighted by Gasteiger charge is -2.16. The zero-order valence-electron chi connectivity index (χ0n) is 14.4. The van der Waals surface area contributed by atoms with E-state index in [1.54, 1.807) is 24.3 Å². The minimum atomic E-state index is -0.386. The molecule has 0 aliphatic carbocycles. The van der Waals surface area contributed by atoms with E-state index in [9.17, 15) is 9.59 Å². The molecule has 0 radical (unpaired) electrons. The van der Waals surface area contributed by atoms with Crippen LogP contribution < -0.4 is 5.32 Å². The van der Waals surface area contributed by atoms with Crippen molar-refractivity contribution in [1.82, 2.24) is 4.90 Å². The van der Waals surface area contributed by atoms with Crippen molar-refractivity contribution in [2.75, 3.05) is 18.9 Å². The molecule has 0 saturated carbocycles. The number of likely N-dealkylation sites (N-methyl/N-ethyl adjacent to an activating group) is 1. The van der Waals surface area contributed by atoms with E-state index in [1.807, 2.05) is 30.3 Å². The fourth-order valence-electron chi connectivity index (χ4n) is 2.55. The van der Waals surface area contributed by atoms with E-state index in [4.69, 9.17) is 27.6 Å². The summed E-state index contributed by atoms with van der Waals surface area (Å²) in [5.41, 5.74) is 2.04. The van der Waals surface area contributed by atoms with Crippen LogP contribution in [0.5, 0.6) is 0 Å². The van der Waals surface area contributed by atoms with Gasteiger partial charge < -0.3 is 14.6 Å². The Labute approximate surface area is 166 Å².